The van der Waals surface area contributed by atoms with Crippen LogP contribution in [0.4, 0.5) is 5.82 Å². The maximum absolute atomic E-state index is 6.89. The van der Waals surface area contributed by atoms with Gasteiger partial charge in [-0.3, -0.25) is 0 Å². The van der Waals surface area contributed by atoms with E-state index in [0.717, 1.165) is 12.1 Å². The fraction of sp³-hybridized carbons (Fsp3) is 0.455. The highest BCUT2D eigenvalue weighted by molar-refractivity contribution is 5.41. The van der Waals surface area contributed by atoms with Crippen molar-refractivity contribution in [1.29, 1.82) is 0 Å². The van der Waals surface area contributed by atoms with Crippen LogP contribution >= 0.6 is 0 Å². The van der Waals surface area contributed by atoms with Crippen molar-refractivity contribution in [2.45, 2.75) is 32.1 Å². The minimum atomic E-state index is 0.533. The number of rotatable bonds is 0. The molecule has 0 N–H and O–H groups in total. The Bertz CT molecular complexity index is 363. The van der Waals surface area contributed by atoms with Crippen LogP contribution in [0.25, 0.3) is 4.85 Å². The third kappa shape index (κ3) is 1.42. The van der Waals surface area contributed by atoms with E-state index in [1.807, 2.05) is 6.07 Å². The van der Waals surface area contributed by atoms with E-state index in [0.29, 0.717) is 11.7 Å². The number of nitrogens with zero attached hydrogens (tertiary/aromatic N) is 2. The van der Waals surface area contributed by atoms with E-state index in [1.165, 1.54) is 18.4 Å². The van der Waals surface area contributed by atoms with Gasteiger partial charge in [0, 0.05) is 5.92 Å². The van der Waals surface area contributed by atoms with Crippen LogP contribution in [0.3, 0.4) is 0 Å². The summed E-state index contributed by atoms with van der Waals surface area (Å²) in [7, 11) is 0. The van der Waals surface area contributed by atoms with Crippen LogP contribution < -0.4 is 0 Å². The SMILES string of the molecule is [C-]#[N+]c1ccc2c(n1)[C@H](C)CCC2. The van der Waals surface area contributed by atoms with Crippen LogP contribution in [-0.4, -0.2) is 4.98 Å². The first-order valence-electron chi connectivity index (χ1n) is 4.68. The van der Waals surface area contributed by atoms with E-state index in [9.17, 15) is 0 Å². The molecule has 0 amide bonds. The van der Waals surface area contributed by atoms with E-state index < -0.39 is 0 Å². The molecule has 0 aromatic carbocycles. The van der Waals surface area contributed by atoms with Gasteiger partial charge >= 0.3 is 0 Å². The molecule has 2 rings (SSSR count). The Kier molecular flexibility index (Phi) is 2.02. The number of aromatic nitrogens is 1. The highest BCUT2D eigenvalue weighted by atomic mass is 14.9. The van der Waals surface area contributed by atoms with Crippen molar-refractivity contribution in [3.8, 4) is 0 Å². The molecule has 0 saturated carbocycles. The molecule has 0 unspecified atom stereocenters. The van der Waals surface area contributed by atoms with Crippen molar-refractivity contribution < 1.29 is 0 Å². The summed E-state index contributed by atoms with van der Waals surface area (Å²) in [6.07, 6.45) is 3.60. The zero-order valence-corrected chi connectivity index (χ0v) is 7.75. The summed E-state index contributed by atoms with van der Waals surface area (Å²) in [6, 6.07) is 3.88. The number of aryl methyl sites for hydroxylation is 1. The lowest BCUT2D eigenvalue weighted by Crippen LogP contribution is -2.08. The fourth-order valence-corrected chi connectivity index (χ4v) is 1.93. The Hall–Kier alpha value is -1.36. The van der Waals surface area contributed by atoms with E-state index in [2.05, 4.69) is 22.8 Å². The lowest BCUT2D eigenvalue weighted by molar-refractivity contribution is 0.574. The van der Waals surface area contributed by atoms with Crippen molar-refractivity contribution in [1.82, 2.24) is 4.98 Å². The third-order valence-corrected chi connectivity index (χ3v) is 2.66. The molecule has 66 valence electrons. The summed E-state index contributed by atoms with van der Waals surface area (Å²) >= 11 is 0. The molecule has 1 heterocycles. The average molecular weight is 172 g/mol. The summed E-state index contributed by atoms with van der Waals surface area (Å²) in [5.74, 6) is 1.07. The van der Waals surface area contributed by atoms with Crippen LogP contribution in [0.15, 0.2) is 12.1 Å². The van der Waals surface area contributed by atoms with Gasteiger partial charge in [0.1, 0.15) is 5.69 Å². The fourth-order valence-electron chi connectivity index (χ4n) is 1.93. The third-order valence-electron chi connectivity index (χ3n) is 2.66. The zero-order chi connectivity index (χ0) is 9.26. The molecular formula is C11H12N2. The van der Waals surface area contributed by atoms with Gasteiger partial charge in [-0.05, 0) is 30.9 Å². The van der Waals surface area contributed by atoms with Gasteiger partial charge in [0.05, 0.1) is 0 Å². The molecule has 0 fully saturated rings. The van der Waals surface area contributed by atoms with Crippen molar-refractivity contribution >= 4 is 5.82 Å². The van der Waals surface area contributed by atoms with Gasteiger partial charge in [-0.15, -0.1) is 4.98 Å². The second-order valence-corrected chi connectivity index (χ2v) is 3.62. The Morgan fingerprint density at radius 3 is 3.15 bits per heavy atom. The number of pyridine rings is 1. The molecule has 1 aromatic rings. The van der Waals surface area contributed by atoms with E-state index in [4.69, 9.17) is 6.57 Å². The lowest BCUT2D eigenvalue weighted by atomic mass is 9.88. The Morgan fingerprint density at radius 1 is 1.54 bits per heavy atom. The largest absolute Gasteiger partial charge is 0.361 e. The molecule has 1 atom stereocenters. The second-order valence-electron chi connectivity index (χ2n) is 3.62. The van der Waals surface area contributed by atoms with Gasteiger partial charge in [-0.25, -0.2) is 0 Å². The Labute approximate surface area is 78.4 Å². The number of hydrogen-bond acceptors (Lipinski definition) is 1. The predicted octanol–water partition coefficient (Wildman–Crippen LogP) is 3.07. The van der Waals surface area contributed by atoms with E-state index in [-0.39, 0.29) is 0 Å². The Balaban J connectivity index is 2.48. The minimum absolute atomic E-state index is 0.533. The van der Waals surface area contributed by atoms with Crippen LogP contribution in [0.5, 0.6) is 0 Å². The second kappa shape index (κ2) is 3.18. The van der Waals surface area contributed by atoms with Gasteiger partial charge < -0.3 is 4.85 Å². The van der Waals surface area contributed by atoms with Crippen LogP contribution in [0.1, 0.15) is 36.9 Å². The van der Waals surface area contributed by atoms with Gasteiger partial charge in [0.15, 0.2) is 0 Å². The summed E-state index contributed by atoms with van der Waals surface area (Å²) in [6.45, 7) is 9.08. The first kappa shape index (κ1) is 8.25. The minimum Gasteiger partial charge on any atom is -0.361 e. The van der Waals surface area contributed by atoms with Crippen LogP contribution in [0.2, 0.25) is 0 Å². The number of fused-ring (bicyclic) bond motifs is 1. The summed E-state index contributed by atoms with van der Waals surface area (Å²) < 4.78 is 0. The Morgan fingerprint density at radius 2 is 2.38 bits per heavy atom. The average Bonchev–Trinajstić information content (AvgIpc) is 2.18. The lowest BCUT2D eigenvalue weighted by Gasteiger charge is -2.17. The monoisotopic (exact) mass is 172 g/mol. The topological polar surface area (TPSA) is 17.2 Å². The predicted molar refractivity (Wildman–Crippen MR) is 51.9 cm³/mol. The van der Waals surface area contributed by atoms with E-state index >= 15 is 0 Å². The molecule has 1 aromatic heterocycles. The molecule has 0 bridgehead atoms. The molecule has 0 spiro atoms. The molecule has 2 nitrogen and oxygen atoms in total. The van der Waals surface area contributed by atoms with Gasteiger partial charge in [0.2, 0.25) is 0 Å². The summed E-state index contributed by atoms with van der Waals surface area (Å²) in [4.78, 5) is 7.71. The summed E-state index contributed by atoms with van der Waals surface area (Å²) in [5.41, 5.74) is 2.49. The molecular weight excluding hydrogens is 160 g/mol. The molecule has 13 heavy (non-hydrogen) atoms. The standard InChI is InChI=1S/C11H12N2/c1-8-4-3-5-9-6-7-10(12-2)13-11(8)9/h6-8H,3-5H2,1H3/t8-/m1/s1. The molecule has 1 aliphatic rings. The van der Waals surface area contributed by atoms with Crippen molar-refractivity contribution in [3.05, 3.63) is 34.8 Å². The molecule has 0 radical (unpaired) electrons. The summed E-state index contributed by atoms with van der Waals surface area (Å²) in [5, 5.41) is 0. The maximum Gasteiger partial charge on any atom is 0.269 e. The van der Waals surface area contributed by atoms with Crippen molar-refractivity contribution in [2.24, 2.45) is 0 Å². The number of hydrogen-bond donors (Lipinski definition) is 0. The van der Waals surface area contributed by atoms with Gasteiger partial charge in [-0.1, -0.05) is 19.6 Å². The molecule has 2 heteroatoms. The highest BCUT2D eigenvalue weighted by Crippen LogP contribution is 2.30. The van der Waals surface area contributed by atoms with Crippen LogP contribution in [0, 0.1) is 6.57 Å². The maximum atomic E-state index is 6.89. The first-order valence-corrected chi connectivity index (χ1v) is 4.68. The smallest absolute Gasteiger partial charge is 0.269 e. The molecule has 0 aliphatic heterocycles. The van der Waals surface area contributed by atoms with Gasteiger partial charge in [-0.2, -0.15) is 0 Å². The normalized spacial score (nSPS) is 20.5. The van der Waals surface area contributed by atoms with Crippen molar-refractivity contribution in [3.63, 3.8) is 0 Å². The quantitative estimate of drug-likeness (QED) is 0.550. The van der Waals surface area contributed by atoms with Gasteiger partial charge in [0.25, 0.3) is 5.82 Å². The first-order chi connectivity index (χ1) is 6.31. The highest BCUT2D eigenvalue weighted by Gasteiger charge is 2.20. The van der Waals surface area contributed by atoms with Crippen LogP contribution in [-0.2, 0) is 6.42 Å². The molecule has 0 saturated heterocycles. The van der Waals surface area contributed by atoms with Crippen molar-refractivity contribution in [2.75, 3.05) is 0 Å². The van der Waals surface area contributed by atoms with E-state index in [1.54, 1.807) is 0 Å². The zero-order valence-electron chi connectivity index (χ0n) is 7.75. The molecule has 1 aliphatic carbocycles.